The van der Waals surface area contributed by atoms with Crippen LogP contribution in [0.2, 0.25) is 0 Å². The third-order valence-corrected chi connectivity index (χ3v) is 6.13. The number of nitrogens with one attached hydrogen (secondary N) is 2. The van der Waals surface area contributed by atoms with Gasteiger partial charge in [-0.15, -0.1) is 0 Å². The molecule has 16 nitrogen and oxygen atoms in total. The van der Waals surface area contributed by atoms with Gasteiger partial charge in [0.05, 0.1) is 0 Å². The van der Waals surface area contributed by atoms with Crippen molar-refractivity contribution in [2.75, 3.05) is 51.8 Å². The average Bonchev–Trinajstić information content (AvgIpc) is 2.99. The molecule has 0 spiro atoms. The lowest BCUT2D eigenvalue weighted by Gasteiger charge is -2.17. The molecule has 0 saturated carbocycles. The lowest BCUT2D eigenvalue weighted by Crippen LogP contribution is -2.49. The van der Waals surface area contributed by atoms with Gasteiger partial charge in [-0.2, -0.15) is 12.6 Å². The molecule has 0 saturated heterocycles. The predicted octanol–water partition coefficient (Wildman–Crippen LogP) is -2.23. The van der Waals surface area contributed by atoms with E-state index in [4.69, 9.17) is 41.9 Å². The summed E-state index contributed by atoms with van der Waals surface area (Å²) in [6.45, 7) is -0.121. The van der Waals surface area contributed by atoms with Crippen LogP contribution in [0.5, 0.6) is 0 Å². The molecule has 0 bridgehead atoms. The van der Waals surface area contributed by atoms with Gasteiger partial charge >= 0.3 is 23.9 Å². The topological polar surface area (TPSA) is 267 Å². The minimum Gasteiger partial charge on any atom is -0.462 e. The number of carbonyl (C=O) groups excluding carboxylic acids is 6. The van der Waals surface area contributed by atoms with E-state index in [9.17, 15) is 28.8 Å². The van der Waals surface area contributed by atoms with Gasteiger partial charge in [0.15, 0.2) is 0 Å². The number of ether oxygens (including phenoxy) is 4. The van der Waals surface area contributed by atoms with Gasteiger partial charge in [-0.25, -0.2) is 0 Å². The zero-order chi connectivity index (χ0) is 32.5. The third-order valence-electron chi connectivity index (χ3n) is 5.76. The van der Waals surface area contributed by atoms with Crippen molar-refractivity contribution in [2.45, 2.75) is 75.9 Å². The minimum absolute atomic E-state index is 0.0721. The summed E-state index contributed by atoms with van der Waals surface area (Å²) in [5.41, 5.74) is 22.2. The Balaban J connectivity index is 4.16. The molecule has 0 aliphatic carbocycles. The fraction of sp³-hybridized carbons (Fsp3) is 0.769. The molecule has 3 atom stereocenters. The summed E-state index contributed by atoms with van der Waals surface area (Å²) in [7, 11) is 0. The first-order valence-corrected chi connectivity index (χ1v) is 14.9. The van der Waals surface area contributed by atoms with Crippen LogP contribution in [-0.2, 0) is 47.7 Å². The van der Waals surface area contributed by atoms with Gasteiger partial charge in [0.25, 0.3) is 0 Å². The standard InChI is InChI=1S/C26H48N6O10S/c27-10-4-1-2-7-22(34)39-12-13-40-23(35)16-31-24(36)20(17-43)32-21(33)9-8-19(30)26(38)42-15-14-41-25(37)18(29)6-3-5-11-28/h18-20,43H,1-17,27-30H2,(H,31,36)(H,32,33)/t18-,19-,20-/m0/s1. The maximum absolute atomic E-state index is 12.3. The Hall–Kier alpha value is -2.99. The molecule has 0 radical (unpaired) electrons. The van der Waals surface area contributed by atoms with E-state index < -0.39 is 60.4 Å². The summed E-state index contributed by atoms with van der Waals surface area (Å²) in [6, 6.07) is -2.98. The first kappa shape index (κ1) is 40.0. The van der Waals surface area contributed by atoms with Crippen LogP contribution >= 0.6 is 12.6 Å². The smallest absolute Gasteiger partial charge is 0.325 e. The molecular weight excluding hydrogens is 588 g/mol. The maximum atomic E-state index is 12.3. The van der Waals surface area contributed by atoms with Crippen LogP contribution in [0, 0.1) is 0 Å². The van der Waals surface area contributed by atoms with Crippen molar-refractivity contribution < 1.29 is 47.7 Å². The lowest BCUT2D eigenvalue weighted by atomic mass is 10.1. The largest absolute Gasteiger partial charge is 0.462 e. The van der Waals surface area contributed by atoms with E-state index in [1.807, 2.05) is 0 Å². The summed E-state index contributed by atoms with van der Waals surface area (Å²) < 4.78 is 19.8. The molecule has 0 aromatic carbocycles. The first-order chi connectivity index (χ1) is 20.5. The minimum atomic E-state index is -1.13. The SMILES string of the molecule is NCCCCCC(=O)OCCOC(=O)CNC(=O)[C@H](CS)NC(=O)CC[C@H](N)C(=O)OCCOC(=O)[C@@H](N)CCCCN. The number of hydrogen-bond donors (Lipinski definition) is 7. The summed E-state index contributed by atoms with van der Waals surface area (Å²) in [4.78, 5) is 71.8. The van der Waals surface area contributed by atoms with Crippen molar-refractivity contribution >= 4 is 48.3 Å². The van der Waals surface area contributed by atoms with Crippen LogP contribution in [0.1, 0.15) is 57.8 Å². The molecule has 10 N–H and O–H groups in total. The fourth-order valence-corrected chi connectivity index (χ4v) is 3.55. The average molecular weight is 637 g/mol. The molecule has 17 heteroatoms. The second-order valence-corrected chi connectivity index (χ2v) is 9.80. The Labute approximate surface area is 257 Å². The Morgan fingerprint density at radius 2 is 1.19 bits per heavy atom. The highest BCUT2D eigenvalue weighted by atomic mass is 32.1. The molecule has 0 heterocycles. The van der Waals surface area contributed by atoms with Gasteiger partial charge < -0.3 is 52.5 Å². The zero-order valence-corrected chi connectivity index (χ0v) is 25.5. The molecule has 0 unspecified atom stereocenters. The van der Waals surface area contributed by atoms with Crippen LogP contribution in [-0.4, -0.2) is 106 Å². The molecule has 0 aliphatic heterocycles. The van der Waals surface area contributed by atoms with Crippen LogP contribution in [0.4, 0.5) is 0 Å². The van der Waals surface area contributed by atoms with E-state index in [2.05, 4.69) is 23.3 Å². The highest BCUT2D eigenvalue weighted by Gasteiger charge is 2.22. The Morgan fingerprint density at radius 1 is 0.651 bits per heavy atom. The van der Waals surface area contributed by atoms with Gasteiger partial charge in [0.2, 0.25) is 11.8 Å². The number of amides is 2. The molecular formula is C26H48N6O10S. The van der Waals surface area contributed by atoms with Crippen molar-refractivity contribution in [3.8, 4) is 0 Å². The number of rotatable bonds is 25. The van der Waals surface area contributed by atoms with E-state index in [0.29, 0.717) is 32.4 Å². The van der Waals surface area contributed by atoms with Crippen LogP contribution in [0.15, 0.2) is 0 Å². The molecule has 0 aliphatic rings. The fourth-order valence-electron chi connectivity index (χ4n) is 3.30. The normalized spacial score (nSPS) is 12.8. The van der Waals surface area contributed by atoms with Gasteiger partial charge in [-0.05, 0) is 45.2 Å². The number of esters is 4. The second kappa shape index (κ2) is 25.5. The van der Waals surface area contributed by atoms with Crippen LogP contribution < -0.4 is 33.6 Å². The summed E-state index contributed by atoms with van der Waals surface area (Å²) in [6.07, 6.45) is 4.15. The van der Waals surface area contributed by atoms with Crippen molar-refractivity contribution in [1.82, 2.24) is 10.6 Å². The van der Waals surface area contributed by atoms with Gasteiger partial charge in [-0.3, -0.25) is 28.8 Å². The van der Waals surface area contributed by atoms with Crippen LogP contribution in [0.3, 0.4) is 0 Å². The van der Waals surface area contributed by atoms with Gasteiger partial charge in [-0.1, -0.05) is 12.8 Å². The van der Waals surface area contributed by atoms with E-state index >= 15 is 0 Å². The monoisotopic (exact) mass is 636 g/mol. The van der Waals surface area contributed by atoms with Crippen molar-refractivity contribution in [3.05, 3.63) is 0 Å². The third kappa shape index (κ3) is 21.4. The molecule has 248 valence electrons. The van der Waals surface area contributed by atoms with E-state index in [0.717, 1.165) is 19.3 Å². The molecule has 0 aromatic heterocycles. The predicted molar refractivity (Wildman–Crippen MR) is 158 cm³/mol. The highest BCUT2D eigenvalue weighted by molar-refractivity contribution is 7.80. The molecule has 0 rings (SSSR count). The van der Waals surface area contributed by atoms with Gasteiger partial charge in [0.1, 0.15) is 51.1 Å². The number of nitrogens with two attached hydrogens (primary N) is 4. The molecule has 43 heavy (non-hydrogen) atoms. The number of carbonyl (C=O) groups is 6. The van der Waals surface area contributed by atoms with E-state index in [1.54, 1.807) is 0 Å². The van der Waals surface area contributed by atoms with Crippen molar-refractivity contribution in [1.29, 1.82) is 0 Å². The number of thiol groups is 1. The molecule has 0 fully saturated rings. The lowest BCUT2D eigenvalue weighted by molar-refractivity contribution is -0.154. The Kier molecular flexibility index (Phi) is 23.7. The van der Waals surface area contributed by atoms with Gasteiger partial charge in [0, 0.05) is 18.6 Å². The molecule has 0 aromatic rings. The Bertz CT molecular complexity index is 866. The Morgan fingerprint density at radius 3 is 1.77 bits per heavy atom. The highest BCUT2D eigenvalue weighted by Crippen LogP contribution is 2.02. The van der Waals surface area contributed by atoms with E-state index in [1.165, 1.54) is 0 Å². The molecule has 2 amide bonds. The zero-order valence-electron chi connectivity index (χ0n) is 24.6. The first-order valence-electron chi connectivity index (χ1n) is 14.3. The second-order valence-electron chi connectivity index (χ2n) is 9.43. The van der Waals surface area contributed by atoms with Crippen molar-refractivity contribution in [2.24, 2.45) is 22.9 Å². The summed E-state index contributed by atoms with van der Waals surface area (Å²) in [5, 5.41) is 4.76. The summed E-state index contributed by atoms with van der Waals surface area (Å²) in [5.74, 6) is -3.91. The summed E-state index contributed by atoms with van der Waals surface area (Å²) >= 11 is 4.04. The number of hydrogen-bond acceptors (Lipinski definition) is 15. The van der Waals surface area contributed by atoms with E-state index in [-0.39, 0.29) is 51.4 Å². The maximum Gasteiger partial charge on any atom is 0.325 e. The van der Waals surface area contributed by atoms with Crippen LogP contribution in [0.25, 0.3) is 0 Å². The quantitative estimate of drug-likeness (QED) is 0.0242. The number of unbranched alkanes of at least 4 members (excludes halogenated alkanes) is 3. The van der Waals surface area contributed by atoms with Crippen molar-refractivity contribution in [3.63, 3.8) is 0 Å².